The maximum absolute atomic E-state index is 13.6. The van der Waals surface area contributed by atoms with Gasteiger partial charge in [-0.05, 0) is 25.7 Å². The smallest absolute Gasteiger partial charge is 0.130 e. The molecule has 1 unspecified atom stereocenters. The van der Waals surface area contributed by atoms with Crippen molar-refractivity contribution in [2.24, 2.45) is 0 Å². The Kier molecular flexibility index (Phi) is 5.42. The summed E-state index contributed by atoms with van der Waals surface area (Å²) < 4.78 is 26.4. The highest BCUT2D eigenvalue weighted by molar-refractivity contribution is 5.20. The Labute approximate surface area is 124 Å². The molecule has 0 fully saturated rings. The molecule has 0 saturated heterocycles. The Morgan fingerprint density at radius 1 is 1.05 bits per heavy atom. The lowest BCUT2D eigenvalue weighted by molar-refractivity contribution is 0.288. The van der Waals surface area contributed by atoms with E-state index in [0.717, 1.165) is 6.07 Å². The van der Waals surface area contributed by atoms with E-state index in [-0.39, 0.29) is 6.04 Å². The van der Waals surface area contributed by atoms with Crippen molar-refractivity contribution in [2.45, 2.75) is 12.6 Å². The van der Waals surface area contributed by atoms with Crippen LogP contribution in [0.15, 0.2) is 48.5 Å². The first-order chi connectivity index (χ1) is 10.1. The first-order valence-corrected chi connectivity index (χ1v) is 6.94. The minimum absolute atomic E-state index is 0.203. The number of rotatable bonds is 6. The van der Waals surface area contributed by atoms with E-state index in [0.29, 0.717) is 18.7 Å². The number of halogens is 2. The maximum Gasteiger partial charge on any atom is 0.130 e. The van der Waals surface area contributed by atoms with Gasteiger partial charge in [0.05, 0.1) is 0 Å². The fraction of sp³-hybridized carbons (Fsp3) is 0.294. The highest BCUT2D eigenvalue weighted by Gasteiger charge is 2.13. The summed E-state index contributed by atoms with van der Waals surface area (Å²) in [7, 11) is 4.02. The van der Waals surface area contributed by atoms with Gasteiger partial charge in [-0.1, -0.05) is 36.4 Å². The number of hydrogen-bond donors (Lipinski definition) is 1. The third kappa shape index (κ3) is 4.34. The van der Waals surface area contributed by atoms with Gasteiger partial charge in [-0.3, -0.25) is 0 Å². The Morgan fingerprint density at radius 2 is 1.76 bits per heavy atom. The normalized spacial score (nSPS) is 12.6. The third-order valence-electron chi connectivity index (χ3n) is 3.48. The largest absolute Gasteiger partial charge is 0.311 e. The zero-order valence-corrected chi connectivity index (χ0v) is 12.3. The highest BCUT2D eigenvalue weighted by atomic mass is 19.1. The molecular formula is C17H20F2N2. The molecule has 0 bridgehead atoms. The van der Waals surface area contributed by atoms with Crippen LogP contribution in [0.2, 0.25) is 0 Å². The highest BCUT2D eigenvalue weighted by Crippen LogP contribution is 2.17. The van der Waals surface area contributed by atoms with Crippen LogP contribution < -0.4 is 5.32 Å². The van der Waals surface area contributed by atoms with Gasteiger partial charge in [0, 0.05) is 30.8 Å². The lowest BCUT2D eigenvalue weighted by Gasteiger charge is -2.25. The van der Waals surface area contributed by atoms with E-state index in [9.17, 15) is 8.78 Å². The van der Waals surface area contributed by atoms with Crippen LogP contribution in [0, 0.1) is 11.6 Å². The number of nitrogens with one attached hydrogen (secondary N) is 1. The van der Waals surface area contributed by atoms with Crippen LogP contribution in [0.3, 0.4) is 0 Å². The van der Waals surface area contributed by atoms with Gasteiger partial charge in [-0.25, -0.2) is 8.78 Å². The third-order valence-corrected chi connectivity index (χ3v) is 3.48. The summed E-state index contributed by atoms with van der Waals surface area (Å²) in [4.78, 5) is 2.11. The Bertz CT molecular complexity index is 570. The molecule has 0 spiro atoms. The first-order valence-electron chi connectivity index (χ1n) is 6.94. The topological polar surface area (TPSA) is 15.3 Å². The van der Waals surface area contributed by atoms with Gasteiger partial charge in [-0.2, -0.15) is 0 Å². The fourth-order valence-electron chi connectivity index (χ4n) is 2.28. The second-order valence-electron chi connectivity index (χ2n) is 5.26. The molecule has 2 aromatic rings. The number of nitrogens with zero attached hydrogens (tertiary/aromatic N) is 1. The molecule has 0 aliphatic rings. The van der Waals surface area contributed by atoms with Crippen molar-refractivity contribution in [1.82, 2.24) is 10.2 Å². The van der Waals surface area contributed by atoms with Gasteiger partial charge in [-0.15, -0.1) is 0 Å². The van der Waals surface area contributed by atoms with Crippen LogP contribution in [-0.2, 0) is 6.54 Å². The molecule has 1 N–H and O–H groups in total. The zero-order chi connectivity index (χ0) is 15.2. The number of hydrogen-bond acceptors (Lipinski definition) is 2. The van der Waals surface area contributed by atoms with Gasteiger partial charge in [0.1, 0.15) is 11.6 Å². The van der Waals surface area contributed by atoms with E-state index in [2.05, 4.69) is 22.3 Å². The predicted molar refractivity (Wildman–Crippen MR) is 80.9 cm³/mol. The van der Waals surface area contributed by atoms with E-state index in [1.165, 1.54) is 17.7 Å². The lowest BCUT2D eigenvalue weighted by atomic mass is 10.1. The van der Waals surface area contributed by atoms with E-state index in [1.807, 2.05) is 32.3 Å². The summed E-state index contributed by atoms with van der Waals surface area (Å²) in [5, 5.41) is 3.24. The molecule has 0 aliphatic carbocycles. The Morgan fingerprint density at radius 3 is 2.38 bits per heavy atom. The molecule has 4 heteroatoms. The molecule has 2 rings (SSSR count). The molecule has 21 heavy (non-hydrogen) atoms. The van der Waals surface area contributed by atoms with Crippen molar-refractivity contribution in [3.8, 4) is 0 Å². The molecule has 1 atom stereocenters. The monoisotopic (exact) mass is 290 g/mol. The van der Waals surface area contributed by atoms with Crippen molar-refractivity contribution < 1.29 is 8.78 Å². The molecule has 112 valence electrons. The van der Waals surface area contributed by atoms with Crippen LogP contribution in [0.25, 0.3) is 0 Å². The summed E-state index contributed by atoms with van der Waals surface area (Å²) >= 11 is 0. The van der Waals surface area contributed by atoms with Crippen LogP contribution in [-0.4, -0.2) is 25.5 Å². The van der Waals surface area contributed by atoms with Crippen molar-refractivity contribution in [3.05, 3.63) is 71.3 Å². The van der Waals surface area contributed by atoms with E-state index >= 15 is 0 Å². The van der Waals surface area contributed by atoms with Crippen molar-refractivity contribution in [1.29, 1.82) is 0 Å². The van der Waals surface area contributed by atoms with Gasteiger partial charge in [0.15, 0.2) is 0 Å². The number of likely N-dealkylation sites (N-methyl/N-ethyl adjacent to an activating group) is 1. The molecule has 0 saturated carbocycles. The summed E-state index contributed by atoms with van der Waals surface area (Å²) in [6, 6.07) is 14.0. The average Bonchev–Trinajstić information content (AvgIpc) is 2.46. The van der Waals surface area contributed by atoms with Gasteiger partial charge in [0.25, 0.3) is 0 Å². The van der Waals surface area contributed by atoms with E-state index in [4.69, 9.17) is 0 Å². The SMILES string of the molecule is CN(C)C(CNCc1ccc(F)cc1F)c1ccccc1. The van der Waals surface area contributed by atoms with E-state index in [1.54, 1.807) is 0 Å². The first kappa shape index (κ1) is 15.6. The average molecular weight is 290 g/mol. The standard InChI is InChI=1S/C17H20F2N2/c1-21(2)17(13-6-4-3-5-7-13)12-20-11-14-8-9-15(18)10-16(14)19/h3-10,17,20H,11-12H2,1-2H3. The van der Waals surface area contributed by atoms with Crippen molar-refractivity contribution in [3.63, 3.8) is 0 Å². The lowest BCUT2D eigenvalue weighted by Crippen LogP contribution is -2.31. The predicted octanol–water partition coefficient (Wildman–Crippen LogP) is 3.36. The minimum Gasteiger partial charge on any atom is -0.311 e. The molecule has 2 aromatic carbocycles. The van der Waals surface area contributed by atoms with Crippen molar-refractivity contribution >= 4 is 0 Å². The minimum atomic E-state index is -0.549. The molecule has 0 aromatic heterocycles. The zero-order valence-electron chi connectivity index (χ0n) is 12.3. The molecular weight excluding hydrogens is 270 g/mol. The fourth-order valence-corrected chi connectivity index (χ4v) is 2.28. The van der Waals surface area contributed by atoms with Gasteiger partial charge in [0.2, 0.25) is 0 Å². The number of benzene rings is 2. The molecule has 2 nitrogen and oxygen atoms in total. The second-order valence-corrected chi connectivity index (χ2v) is 5.26. The van der Waals surface area contributed by atoms with E-state index < -0.39 is 11.6 Å². The second kappa shape index (κ2) is 7.29. The maximum atomic E-state index is 13.6. The summed E-state index contributed by atoms with van der Waals surface area (Å²) in [6.45, 7) is 1.07. The quantitative estimate of drug-likeness (QED) is 0.877. The molecule has 0 radical (unpaired) electrons. The Hall–Kier alpha value is -1.78. The van der Waals surface area contributed by atoms with Crippen LogP contribution in [0.5, 0.6) is 0 Å². The van der Waals surface area contributed by atoms with Gasteiger partial charge >= 0.3 is 0 Å². The van der Waals surface area contributed by atoms with Crippen LogP contribution in [0.4, 0.5) is 8.78 Å². The molecule has 0 aliphatic heterocycles. The molecule has 0 heterocycles. The van der Waals surface area contributed by atoms with Gasteiger partial charge < -0.3 is 10.2 Å². The molecule has 0 amide bonds. The van der Waals surface area contributed by atoms with Crippen LogP contribution in [0.1, 0.15) is 17.2 Å². The van der Waals surface area contributed by atoms with Crippen LogP contribution >= 0.6 is 0 Å². The summed E-state index contributed by atoms with van der Waals surface area (Å²) in [6.07, 6.45) is 0. The summed E-state index contributed by atoms with van der Waals surface area (Å²) in [5.41, 5.74) is 1.68. The Balaban J connectivity index is 1.97. The summed E-state index contributed by atoms with van der Waals surface area (Å²) in [5.74, 6) is -1.06. The van der Waals surface area contributed by atoms with Crippen molar-refractivity contribution in [2.75, 3.05) is 20.6 Å².